The molecule has 0 aliphatic rings. The van der Waals surface area contributed by atoms with Crippen LogP contribution in [0.4, 0.5) is 4.39 Å². The molecule has 6 heteroatoms. The lowest BCUT2D eigenvalue weighted by atomic mass is 10.3. The predicted molar refractivity (Wildman–Crippen MR) is 69.0 cm³/mol. The summed E-state index contributed by atoms with van der Waals surface area (Å²) in [5, 5.41) is 2.99. The molecule has 2 rings (SSSR count). The highest BCUT2D eigenvalue weighted by atomic mass is 79.9. The Labute approximate surface area is 112 Å². The van der Waals surface area contributed by atoms with E-state index in [4.69, 9.17) is 4.74 Å². The first-order valence-electron chi connectivity index (χ1n) is 5.27. The topological polar surface area (TPSA) is 47.0 Å². The molecule has 0 bridgehead atoms. The van der Waals surface area contributed by atoms with Crippen molar-refractivity contribution in [2.24, 2.45) is 0 Å². The minimum absolute atomic E-state index is 0.182. The number of aromatic nitrogens is 2. The van der Waals surface area contributed by atoms with Gasteiger partial charge in [-0.2, -0.15) is 0 Å². The molecular weight excluding hydrogens is 301 g/mol. The van der Waals surface area contributed by atoms with Crippen molar-refractivity contribution in [1.82, 2.24) is 15.3 Å². The fourth-order valence-electron chi connectivity index (χ4n) is 1.34. The minimum atomic E-state index is -0.375. The van der Waals surface area contributed by atoms with Gasteiger partial charge in [0.25, 0.3) is 0 Å². The molecule has 0 aliphatic heterocycles. The third-order valence-electron chi connectivity index (χ3n) is 2.16. The highest BCUT2D eigenvalue weighted by Crippen LogP contribution is 2.28. The summed E-state index contributed by atoms with van der Waals surface area (Å²) in [6.07, 6.45) is 3.32. The summed E-state index contributed by atoms with van der Waals surface area (Å²) >= 11 is 3.27. The summed E-state index contributed by atoms with van der Waals surface area (Å²) < 4.78 is 19.1. The zero-order valence-electron chi connectivity index (χ0n) is 9.65. The second-order valence-corrected chi connectivity index (χ2v) is 4.44. The van der Waals surface area contributed by atoms with E-state index in [1.165, 1.54) is 12.1 Å². The first kappa shape index (κ1) is 12.9. The molecule has 0 unspecified atom stereocenters. The molecule has 94 valence electrons. The fourth-order valence-corrected chi connectivity index (χ4v) is 1.67. The number of hydrogen-bond acceptors (Lipinski definition) is 4. The summed E-state index contributed by atoms with van der Waals surface area (Å²) in [6, 6.07) is 4.36. The van der Waals surface area contributed by atoms with Gasteiger partial charge in [-0.05, 0) is 35.1 Å². The minimum Gasteiger partial charge on any atom is -0.423 e. The van der Waals surface area contributed by atoms with Crippen molar-refractivity contribution >= 4 is 15.9 Å². The van der Waals surface area contributed by atoms with E-state index in [1.807, 2.05) is 7.05 Å². The van der Waals surface area contributed by atoms with Crippen LogP contribution in [0.1, 0.15) is 5.56 Å². The number of nitrogens with zero attached hydrogens (tertiary/aromatic N) is 2. The molecule has 1 aromatic carbocycles. The van der Waals surface area contributed by atoms with Gasteiger partial charge in [0.05, 0.1) is 4.47 Å². The van der Waals surface area contributed by atoms with Gasteiger partial charge in [0.15, 0.2) is 0 Å². The second-order valence-electron chi connectivity index (χ2n) is 3.58. The standard InChI is InChI=1S/C12H11BrFN3O/c1-15-5-8-6-16-12(17-7-8)18-11-4-9(14)2-3-10(11)13/h2-4,6-7,15H,5H2,1H3. The van der Waals surface area contributed by atoms with Gasteiger partial charge in [0.2, 0.25) is 0 Å². The molecule has 1 heterocycles. The molecule has 1 aromatic heterocycles. The summed E-state index contributed by atoms with van der Waals surface area (Å²) in [5.41, 5.74) is 0.947. The van der Waals surface area contributed by atoms with E-state index in [2.05, 4.69) is 31.2 Å². The average molecular weight is 312 g/mol. The number of halogens is 2. The Bertz CT molecular complexity index is 533. The fraction of sp³-hybridized carbons (Fsp3) is 0.167. The number of nitrogens with one attached hydrogen (secondary N) is 1. The van der Waals surface area contributed by atoms with Crippen LogP contribution in [0.5, 0.6) is 11.8 Å². The predicted octanol–water partition coefficient (Wildman–Crippen LogP) is 2.89. The van der Waals surface area contributed by atoms with Gasteiger partial charge < -0.3 is 10.1 Å². The Morgan fingerprint density at radius 3 is 2.72 bits per heavy atom. The quantitative estimate of drug-likeness (QED) is 0.943. The Hall–Kier alpha value is -1.53. The van der Waals surface area contributed by atoms with E-state index < -0.39 is 0 Å². The van der Waals surface area contributed by atoms with E-state index in [0.29, 0.717) is 16.8 Å². The molecular formula is C12H11BrFN3O. The number of ether oxygens (including phenoxy) is 1. The van der Waals surface area contributed by atoms with Crippen molar-refractivity contribution < 1.29 is 9.13 Å². The summed E-state index contributed by atoms with van der Waals surface area (Å²) in [4.78, 5) is 8.09. The molecule has 1 N–H and O–H groups in total. The van der Waals surface area contributed by atoms with Crippen molar-refractivity contribution in [1.29, 1.82) is 0 Å². The van der Waals surface area contributed by atoms with Crippen molar-refractivity contribution in [3.8, 4) is 11.8 Å². The number of hydrogen-bond donors (Lipinski definition) is 1. The highest BCUT2D eigenvalue weighted by Gasteiger charge is 2.06. The maximum absolute atomic E-state index is 13.1. The third kappa shape index (κ3) is 3.24. The van der Waals surface area contributed by atoms with E-state index in [-0.39, 0.29) is 11.8 Å². The van der Waals surface area contributed by atoms with Crippen LogP contribution in [-0.2, 0) is 6.54 Å². The molecule has 0 amide bonds. The van der Waals surface area contributed by atoms with Gasteiger partial charge in [0, 0.05) is 30.6 Å². The summed E-state index contributed by atoms with van der Waals surface area (Å²) in [6.45, 7) is 0.684. The SMILES string of the molecule is CNCc1cnc(Oc2cc(F)ccc2Br)nc1. The maximum atomic E-state index is 13.1. The van der Waals surface area contributed by atoms with Crippen LogP contribution in [0, 0.1) is 5.82 Å². The molecule has 0 saturated heterocycles. The lowest BCUT2D eigenvalue weighted by Crippen LogP contribution is -2.06. The van der Waals surface area contributed by atoms with Gasteiger partial charge in [-0.1, -0.05) is 0 Å². The average Bonchev–Trinajstić information content (AvgIpc) is 2.37. The first-order valence-corrected chi connectivity index (χ1v) is 6.07. The molecule has 0 spiro atoms. The van der Waals surface area contributed by atoms with Crippen LogP contribution >= 0.6 is 15.9 Å². The van der Waals surface area contributed by atoms with E-state index in [9.17, 15) is 4.39 Å². The van der Waals surface area contributed by atoms with Crippen LogP contribution in [0.15, 0.2) is 35.1 Å². The zero-order valence-corrected chi connectivity index (χ0v) is 11.2. The van der Waals surface area contributed by atoms with Crippen LogP contribution in [-0.4, -0.2) is 17.0 Å². The smallest absolute Gasteiger partial charge is 0.321 e. The number of rotatable bonds is 4. The maximum Gasteiger partial charge on any atom is 0.321 e. The zero-order chi connectivity index (χ0) is 13.0. The van der Waals surface area contributed by atoms with Crippen molar-refractivity contribution in [3.05, 3.63) is 46.4 Å². The summed E-state index contributed by atoms with van der Waals surface area (Å²) in [5.74, 6) is -0.0311. The molecule has 0 saturated carbocycles. The van der Waals surface area contributed by atoms with E-state index in [1.54, 1.807) is 18.5 Å². The third-order valence-corrected chi connectivity index (χ3v) is 2.81. The molecule has 4 nitrogen and oxygen atoms in total. The Balaban J connectivity index is 2.15. The van der Waals surface area contributed by atoms with Crippen LogP contribution < -0.4 is 10.1 Å². The van der Waals surface area contributed by atoms with Gasteiger partial charge in [-0.15, -0.1) is 0 Å². The van der Waals surface area contributed by atoms with Crippen molar-refractivity contribution in [2.45, 2.75) is 6.54 Å². The molecule has 0 radical (unpaired) electrons. The van der Waals surface area contributed by atoms with Crippen molar-refractivity contribution in [3.63, 3.8) is 0 Å². The van der Waals surface area contributed by atoms with Gasteiger partial charge >= 0.3 is 6.01 Å². The first-order chi connectivity index (χ1) is 8.69. The van der Waals surface area contributed by atoms with Crippen LogP contribution in [0.25, 0.3) is 0 Å². The van der Waals surface area contributed by atoms with Crippen LogP contribution in [0.3, 0.4) is 0 Å². The molecule has 0 atom stereocenters. The molecule has 18 heavy (non-hydrogen) atoms. The molecule has 0 aliphatic carbocycles. The lowest BCUT2D eigenvalue weighted by molar-refractivity contribution is 0.434. The van der Waals surface area contributed by atoms with Crippen LogP contribution in [0.2, 0.25) is 0 Å². The Kier molecular flexibility index (Phi) is 4.22. The normalized spacial score (nSPS) is 10.4. The highest BCUT2D eigenvalue weighted by molar-refractivity contribution is 9.10. The van der Waals surface area contributed by atoms with E-state index in [0.717, 1.165) is 5.56 Å². The number of benzene rings is 1. The van der Waals surface area contributed by atoms with Gasteiger partial charge in [-0.25, -0.2) is 14.4 Å². The monoisotopic (exact) mass is 311 g/mol. The largest absolute Gasteiger partial charge is 0.423 e. The molecule has 2 aromatic rings. The van der Waals surface area contributed by atoms with E-state index >= 15 is 0 Å². The van der Waals surface area contributed by atoms with Gasteiger partial charge in [-0.3, -0.25) is 0 Å². The lowest BCUT2D eigenvalue weighted by Gasteiger charge is -2.06. The molecule has 0 fully saturated rings. The Morgan fingerprint density at radius 2 is 2.06 bits per heavy atom. The summed E-state index contributed by atoms with van der Waals surface area (Å²) in [7, 11) is 1.84. The van der Waals surface area contributed by atoms with Gasteiger partial charge in [0.1, 0.15) is 11.6 Å². The van der Waals surface area contributed by atoms with Crippen molar-refractivity contribution in [2.75, 3.05) is 7.05 Å². The Morgan fingerprint density at radius 1 is 1.33 bits per heavy atom. The second kappa shape index (κ2) is 5.88.